The number of carbonyl (C=O) groups is 2. The summed E-state index contributed by atoms with van der Waals surface area (Å²) in [5, 5.41) is 0. The van der Waals surface area contributed by atoms with Crippen molar-refractivity contribution in [1.29, 1.82) is 0 Å². The molecule has 0 aliphatic carbocycles. The third-order valence-corrected chi connectivity index (χ3v) is 6.84. The van der Waals surface area contributed by atoms with Crippen LogP contribution in [0.2, 0.25) is 0 Å². The van der Waals surface area contributed by atoms with E-state index in [1.54, 1.807) is 13.8 Å². The van der Waals surface area contributed by atoms with Gasteiger partial charge in [-0.25, -0.2) is 18.0 Å². The molecule has 2 rings (SSSR count). The normalized spacial score (nSPS) is 13.8. The van der Waals surface area contributed by atoms with Crippen molar-refractivity contribution in [1.82, 2.24) is 0 Å². The smallest absolute Gasteiger partial charge is 0.340 e. The highest BCUT2D eigenvalue weighted by Crippen LogP contribution is 2.23. The van der Waals surface area contributed by atoms with E-state index >= 15 is 0 Å². The maximum atomic E-state index is 12.7. The van der Waals surface area contributed by atoms with E-state index in [9.17, 15) is 26.4 Å². The fraction of sp³-hybridized carbons (Fsp3) is 0.300. The molecular weight excluding hydrogens is 464 g/mol. The molecular formula is C20H22O10S2. The quantitative estimate of drug-likeness (QED) is 0.378. The van der Waals surface area contributed by atoms with Crippen LogP contribution in [0.1, 0.15) is 11.1 Å². The van der Waals surface area contributed by atoms with Crippen molar-refractivity contribution in [2.45, 2.75) is 35.8 Å². The molecule has 0 N–H and O–H groups in total. The van der Waals surface area contributed by atoms with Crippen LogP contribution in [0.15, 0.2) is 58.3 Å². The number of aryl methyl sites for hydroxylation is 2. The van der Waals surface area contributed by atoms with Crippen LogP contribution in [0.3, 0.4) is 0 Å². The topological polar surface area (TPSA) is 139 Å². The first kappa shape index (κ1) is 25.5. The zero-order valence-corrected chi connectivity index (χ0v) is 19.3. The van der Waals surface area contributed by atoms with Gasteiger partial charge in [0, 0.05) is 0 Å². The van der Waals surface area contributed by atoms with Gasteiger partial charge >= 0.3 is 11.9 Å². The first-order valence-corrected chi connectivity index (χ1v) is 11.9. The van der Waals surface area contributed by atoms with Crippen molar-refractivity contribution >= 4 is 32.2 Å². The number of ether oxygens (including phenoxy) is 2. The fourth-order valence-corrected chi connectivity index (χ4v) is 4.52. The molecule has 12 heteroatoms. The molecule has 0 spiro atoms. The second-order valence-electron chi connectivity index (χ2n) is 6.61. The first-order chi connectivity index (χ1) is 14.9. The first-order valence-electron chi connectivity index (χ1n) is 9.07. The zero-order valence-electron chi connectivity index (χ0n) is 17.7. The standard InChI is InChI=1S/C20H22O10S2/c1-13-5-9-15(10-6-13)31(23,24)29-17(19(21)27-3)18(20(22)28-4)30-32(25,26)16-11-7-14(2)8-12-16/h5-12,17-18H,1-4H3. The number of esters is 2. The van der Waals surface area contributed by atoms with E-state index in [4.69, 9.17) is 8.37 Å². The highest BCUT2D eigenvalue weighted by molar-refractivity contribution is 7.87. The number of hydrogen-bond donors (Lipinski definition) is 0. The summed E-state index contributed by atoms with van der Waals surface area (Å²) in [4.78, 5) is 24.0. The van der Waals surface area contributed by atoms with Gasteiger partial charge in [-0.15, -0.1) is 0 Å². The summed E-state index contributed by atoms with van der Waals surface area (Å²) >= 11 is 0. The van der Waals surface area contributed by atoms with E-state index in [0.717, 1.165) is 25.3 Å². The van der Waals surface area contributed by atoms with Crippen LogP contribution < -0.4 is 0 Å². The number of rotatable bonds is 9. The van der Waals surface area contributed by atoms with Crippen molar-refractivity contribution in [3.05, 3.63) is 59.7 Å². The van der Waals surface area contributed by atoms with Gasteiger partial charge in [-0.05, 0) is 38.1 Å². The van der Waals surface area contributed by atoms with Crippen LogP contribution in [-0.4, -0.2) is 55.2 Å². The molecule has 0 heterocycles. The maximum absolute atomic E-state index is 12.7. The average Bonchev–Trinajstić information content (AvgIpc) is 2.75. The molecule has 0 saturated heterocycles. The zero-order chi connectivity index (χ0) is 24.1. The molecule has 10 nitrogen and oxygen atoms in total. The van der Waals surface area contributed by atoms with Gasteiger partial charge in [-0.1, -0.05) is 35.4 Å². The number of benzene rings is 2. The molecule has 0 fully saturated rings. The Morgan fingerprint density at radius 1 is 0.625 bits per heavy atom. The Kier molecular flexibility index (Phi) is 8.13. The Morgan fingerprint density at radius 2 is 0.906 bits per heavy atom. The minimum atomic E-state index is -4.63. The third kappa shape index (κ3) is 6.13. The minimum Gasteiger partial charge on any atom is -0.467 e. The monoisotopic (exact) mass is 486 g/mol. The molecule has 0 radical (unpaired) electrons. The number of hydrogen-bond acceptors (Lipinski definition) is 10. The molecule has 0 aromatic heterocycles. The number of carbonyl (C=O) groups excluding carboxylic acids is 2. The summed E-state index contributed by atoms with van der Waals surface area (Å²) in [5.41, 5.74) is 1.52. The maximum Gasteiger partial charge on any atom is 0.340 e. The van der Waals surface area contributed by atoms with Crippen molar-refractivity contribution in [2.75, 3.05) is 14.2 Å². The summed E-state index contributed by atoms with van der Waals surface area (Å²) in [6, 6.07) is 10.8. The van der Waals surface area contributed by atoms with Crippen molar-refractivity contribution in [2.24, 2.45) is 0 Å². The lowest BCUT2D eigenvalue weighted by molar-refractivity contribution is -0.165. The van der Waals surface area contributed by atoms with Crippen LogP contribution in [0.4, 0.5) is 0 Å². The molecule has 2 aromatic carbocycles. The van der Waals surface area contributed by atoms with Crippen LogP contribution in [0, 0.1) is 13.8 Å². The Hall–Kier alpha value is -2.80. The van der Waals surface area contributed by atoms with E-state index in [1.807, 2.05) is 0 Å². The van der Waals surface area contributed by atoms with Crippen LogP contribution in [-0.2, 0) is 47.7 Å². The summed E-state index contributed by atoms with van der Waals surface area (Å²) in [7, 11) is -7.45. The van der Waals surface area contributed by atoms with Gasteiger partial charge in [0.05, 0.1) is 24.0 Å². The summed E-state index contributed by atoms with van der Waals surface area (Å²) < 4.78 is 69.5. The Balaban J connectivity index is 2.47. The Morgan fingerprint density at radius 3 is 1.16 bits per heavy atom. The Bertz CT molecular complexity index is 1070. The van der Waals surface area contributed by atoms with E-state index in [2.05, 4.69) is 9.47 Å². The highest BCUT2D eigenvalue weighted by atomic mass is 32.2. The van der Waals surface area contributed by atoms with Crippen LogP contribution in [0.25, 0.3) is 0 Å². The summed E-state index contributed by atoms with van der Waals surface area (Å²) in [6.07, 6.45) is -4.61. The van der Waals surface area contributed by atoms with Gasteiger partial charge in [0.15, 0.2) is 0 Å². The van der Waals surface area contributed by atoms with Gasteiger partial charge in [-0.3, -0.25) is 0 Å². The van der Waals surface area contributed by atoms with Crippen molar-refractivity contribution in [3.63, 3.8) is 0 Å². The second-order valence-corrected chi connectivity index (χ2v) is 9.76. The lowest BCUT2D eigenvalue weighted by Crippen LogP contribution is -2.46. The lowest BCUT2D eigenvalue weighted by Gasteiger charge is -2.22. The van der Waals surface area contributed by atoms with Crippen molar-refractivity contribution < 1.29 is 44.3 Å². The predicted octanol–water partition coefficient (Wildman–Crippen LogP) is 1.50. The molecule has 174 valence electrons. The van der Waals surface area contributed by atoms with Gasteiger partial charge in [0.2, 0.25) is 12.2 Å². The summed E-state index contributed by atoms with van der Waals surface area (Å²) in [5.74, 6) is -2.73. The average molecular weight is 487 g/mol. The van der Waals surface area contributed by atoms with Gasteiger partial charge < -0.3 is 9.47 Å². The molecule has 2 aromatic rings. The highest BCUT2D eigenvalue weighted by Gasteiger charge is 2.44. The molecule has 0 amide bonds. The SMILES string of the molecule is COC(=O)C(OS(=O)(=O)c1ccc(C)cc1)C(OS(=O)(=O)c1ccc(C)cc1)C(=O)OC. The summed E-state index contributed by atoms with van der Waals surface area (Å²) in [6.45, 7) is 3.46. The largest absolute Gasteiger partial charge is 0.467 e. The van der Waals surface area contributed by atoms with Gasteiger partial charge in [-0.2, -0.15) is 16.8 Å². The van der Waals surface area contributed by atoms with E-state index in [1.165, 1.54) is 48.5 Å². The van der Waals surface area contributed by atoms with Crippen LogP contribution >= 0.6 is 0 Å². The minimum absolute atomic E-state index is 0.331. The molecule has 0 saturated carbocycles. The molecule has 32 heavy (non-hydrogen) atoms. The predicted molar refractivity (Wildman–Crippen MR) is 111 cm³/mol. The lowest BCUT2D eigenvalue weighted by atomic mass is 10.2. The number of methoxy groups -OCH3 is 2. The third-order valence-electron chi connectivity index (χ3n) is 4.22. The molecule has 2 atom stereocenters. The molecule has 2 unspecified atom stereocenters. The van der Waals surface area contributed by atoms with Crippen LogP contribution in [0.5, 0.6) is 0 Å². The molecule has 0 bridgehead atoms. The fourth-order valence-electron chi connectivity index (χ4n) is 2.45. The van der Waals surface area contributed by atoms with Crippen molar-refractivity contribution in [3.8, 4) is 0 Å². The van der Waals surface area contributed by atoms with Gasteiger partial charge in [0.1, 0.15) is 0 Å². The van der Waals surface area contributed by atoms with E-state index in [-0.39, 0.29) is 9.79 Å². The van der Waals surface area contributed by atoms with E-state index < -0.39 is 44.4 Å². The second kappa shape index (κ2) is 10.2. The Labute approximate surface area is 186 Å². The van der Waals surface area contributed by atoms with E-state index in [0.29, 0.717) is 0 Å². The molecule has 0 aliphatic heterocycles. The molecule has 0 aliphatic rings. The van der Waals surface area contributed by atoms with Gasteiger partial charge in [0.25, 0.3) is 20.2 Å².